The number of alkyl halides is 2. The molecule has 4 nitrogen and oxygen atoms in total. The molecule has 0 amide bonds. The molecule has 1 aromatic rings. The van der Waals surface area contributed by atoms with Gasteiger partial charge in [-0.25, -0.2) is 4.98 Å². The normalized spacial score (nSPS) is 21.7. The highest BCUT2D eigenvalue weighted by Crippen LogP contribution is 2.20. The number of piperidine rings is 1. The second kappa shape index (κ2) is 6.24. The molecule has 1 atom stereocenters. The van der Waals surface area contributed by atoms with Gasteiger partial charge in [-0.3, -0.25) is 9.47 Å². The van der Waals surface area contributed by atoms with Gasteiger partial charge < -0.3 is 5.32 Å². The predicted molar refractivity (Wildman–Crippen MR) is 65.5 cm³/mol. The Labute approximate surface area is 106 Å². The third-order valence-corrected chi connectivity index (χ3v) is 3.49. The zero-order valence-electron chi connectivity index (χ0n) is 10.6. The van der Waals surface area contributed by atoms with Gasteiger partial charge in [0, 0.05) is 25.0 Å². The van der Waals surface area contributed by atoms with Crippen LogP contribution in [0.5, 0.6) is 0 Å². The molecule has 1 saturated heterocycles. The Morgan fingerprint density at radius 2 is 2.33 bits per heavy atom. The van der Waals surface area contributed by atoms with Crippen molar-refractivity contribution in [2.45, 2.75) is 38.4 Å². The summed E-state index contributed by atoms with van der Waals surface area (Å²) < 4.78 is 26.5. The minimum absolute atomic E-state index is 0.423. The Bertz CT molecular complexity index is 365. The summed E-state index contributed by atoms with van der Waals surface area (Å²) in [6.45, 7) is -0.142. The molecule has 0 radical (unpaired) electrons. The standard InChI is InChI=1S/C12H20F2N4/c1-15-8-10-4-2-3-6-17(10)9-11-16-5-7-18(11)12(13)14/h5,7,10,12,15H,2-4,6,8-9H2,1H3. The van der Waals surface area contributed by atoms with Crippen LogP contribution in [-0.4, -0.2) is 40.6 Å². The van der Waals surface area contributed by atoms with Gasteiger partial charge in [0.05, 0.1) is 6.54 Å². The minimum Gasteiger partial charge on any atom is -0.318 e. The van der Waals surface area contributed by atoms with Gasteiger partial charge in [-0.1, -0.05) is 6.42 Å². The van der Waals surface area contributed by atoms with E-state index in [0.29, 0.717) is 18.4 Å². The fraction of sp³-hybridized carbons (Fsp3) is 0.750. The summed E-state index contributed by atoms with van der Waals surface area (Å²) in [5.74, 6) is 0.452. The molecule has 102 valence electrons. The molecule has 0 aromatic carbocycles. The van der Waals surface area contributed by atoms with Crippen molar-refractivity contribution in [2.24, 2.45) is 0 Å². The van der Waals surface area contributed by atoms with E-state index in [9.17, 15) is 8.78 Å². The maximum absolute atomic E-state index is 12.8. The van der Waals surface area contributed by atoms with Gasteiger partial charge in [0.2, 0.25) is 0 Å². The number of rotatable bonds is 5. The minimum atomic E-state index is -2.50. The van der Waals surface area contributed by atoms with Gasteiger partial charge in [0.15, 0.2) is 0 Å². The molecule has 0 saturated carbocycles. The molecule has 0 aliphatic carbocycles. The van der Waals surface area contributed by atoms with Crippen molar-refractivity contribution >= 4 is 0 Å². The van der Waals surface area contributed by atoms with Gasteiger partial charge >= 0.3 is 6.55 Å². The van der Waals surface area contributed by atoms with Crippen LogP contribution in [0.4, 0.5) is 8.78 Å². The molecule has 0 spiro atoms. The third kappa shape index (κ3) is 3.05. The van der Waals surface area contributed by atoms with Crippen LogP contribution >= 0.6 is 0 Å². The maximum Gasteiger partial charge on any atom is 0.319 e. The van der Waals surface area contributed by atoms with E-state index in [1.807, 2.05) is 7.05 Å². The van der Waals surface area contributed by atoms with E-state index in [4.69, 9.17) is 0 Å². The van der Waals surface area contributed by atoms with Crippen molar-refractivity contribution in [3.8, 4) is 0 Å². The number of likely N-dealkylation sites (N-methyl/N-ethyl adjacent to an activating group) is 1. The number of nitrogens with one attached hydrogen (secondary N) is 1. The SMILES string of the molecule is CNCC1CCCCN1Cc1nccn1C(F)F. The molecule has 6 heteroatoms. The zero-order chi connectivity index (χ0) is 13.0. The second-order valence-electron chi connectivity index (χ2n) is 4.71. The second-order valence-corrected chi connectivity index (χ2v) is 4.71. The average molecular weight is 258 g/mol. The molecule has 1 aliphatic heterocycles. The van der Waals surface area contributed by atoms with Crippen molar-refractivity contribution < 1.29 is 8.78 Å². The van der Waals surface area contributed by atoms with Crippen LogP contribution < -0.4 is 5.32 Å². The van der Waals surface area contributed by atoms with E-state index in [1.165, 1.54) is 18.8 Å². The highest BCUT2D eigenvalue weighted by Gasteiger charge is 2.24. The van der Waals surface area contributed by atoms with Gasteiger partial charge in [-0.05, 0) is 26.4 Å². The molecule has 18 heavy (non-hydrogen) atoms. The Kier molecular flexibility index (Phi) is 4.66. The summed E-state index contributed by atoms with van der Waals surface area (Å²) in [5.41, 5.74) is 0. The number of halogens is 2. The molecule has 1 aromatic heterocycles. The van der Waals surface area contributed by atoms with Crippen molar-refractivity contribution in [2.75, 3.05) is 20.1 Å². The topological polar surface area (TPSA) is 33.1 Å². The van der Waals surface area contributed by atoms with Gasteiger partial charge in [-0.15, -0.1) is 0 Å². The highest BCUT2D eigenvalue weighted by molar-refractivity contribution is 4.94. The fourth-order valence-electron chi connectivity index (χ4n) is 2.56. The number of aromatic nitrogens is 2. The van der Waals surface area contributed by atoms with Crippen LogP contribution in [0, 0.1) is 0 Å². The van der Waals surface area contributed by atoms with Crippen molar-refractivity contribution in [1.82, 2.24) is 19.8 Å². The number of hydrogen-bond acceptors (Lipinski definition) is 3. The average Bonchev–Trinajstić information content (AvgIpc) is 2.80. The molecule has 1 fully saturated rings. The summed E-state index contributed by atoms with van der Waals surface area (Å²) in [6.07, 6.45) is 6.26. The van der Waals surface area contributed by atoms with Gasteiger partial charge in [0.25, 0.3) is 0 Å². The summed E-state index contributed by atoms with van der Waals surface area (Å²) in [7, 11) is 1.92. The number of imidazole rings is 1. The quantitative estimate of drug-likeness (QED) is 0.875. The molecule has 0 bridgehead atoms. The summed E-state index contributed by atoms with van der Waals surface area (Å²) in [5, 5.41) is 3.17. The van der Waals surface area contributed by atoms with E-state index in [2.05, 4.69) is 15.2 Å². The zero-order valence-corrected chi connectivity index (χ0v) is 10.6. The first-order chi connectivity index (χ1) is 8.72. The van der Waals surface area contributed by atoms with Crippen LogP contribution in [0.15, 0.2) is 12.4 Å². The highest BCUT2D eigenvalue weighted by atomic mass is 19.3. The lowest BCUT2D eigenvalue weighted by molar-refractivity contribution is 0.0596. The molecule has 1 aliphatic rings. The first-order valence-electron chi connectivity index (χ1n) is 6.41. The number of hydrogen-bond donors (Lipinski definition) is 1. The van der Waals surface area contributed by atoms with Crippen LogP contribution in [0.1, 0.15) is 31.6 Å². The Balaban J connectivity index is 2.03. The van der Waals surface area contributed by atoms with E-state index in [1.54, 1.807) is 0 Å². The number of likely N-dealkylation sites (tertiary alicyclic amines) is 1. The van der Waals surface area contributed by atoms with Crippen LogP contribution in [-0.2, 0) is 6.54 Å². The van der Waals surface area contributed by atoms with Crippen molar-refractivity contribution in [1.29, 1.82) is 0 Å². The molecule has 2 rings (SSSR count). The van der Waals surface area contributed by atoms with Crippen molar-refractivity contribution in [3.05, 3.63) is 18.2 Å². The first kappa shape index (κ1) is 13.4. The van der Waals surface area contributed by atoms with E-state index >= 15 is 0 Å². The number of nitrogens with zero attached hydrogens (tertiary/aromatic N) is 3. The summed E-state index contributed by atoms with van der Waals surface area (Å²) >= 11 is 0. The largest absolute Gasteiger partial charge is 0.319 e. The Hall–Kier alpha value is -1.01. The molecule has 1 N–H and O–H groups in total. The summed E-state index contributed by atoms with van der Waals surface area (Å²) in [4.78, 5) is 6.30. The van der Waals surface area contributed by atoms with Crippen molar-refractivity contribution in [3.63, 3.8) is 0 Å². The lowest BCUT2D eigenvalue weighted by Crippen LogP contribution is -2.44. The van der Waals surface area contributed by atoms with Crippen LogP contribution in [0.2, 0.25) is 0 Å². The first-order valence-corrected chi connectivity index (χ1v) is 6.41. The van der Waals surface area contributed by atoms with Gasteiger partial charge in [-0.2, -0.15) is 8.78 Å². The van der Waals surface area contributed by atoms with Crippen LogP contribution in [0.3, 0.4) is 0 Å². The third-order valence-electron chi connectivity index (χ3n) is 3.49. The smallest absolute Gasteiger partial charge is 0.318 e. The lowest BCUT2D eigenvalue weighted by Gasteiger charge is -2.35. The molecule has 2 heterocycles. The van der Waals surface area contributed by atoms with Crippen LogP contribution in [0.25, 0.3) is 0 Å². The Morgan fingerprint density at radius 1 is 1.50 bits per heavy atom. The van der Waals surface area contributed by atoms with Gasteiger partial charge in [0.1, 0.15) is 5.82 Å². The van der Waals surface area contributed by atoms with E-state index in [-0.39, 0.29) is 0 Å². The lowest BCUT2D eigenvalue weighted by atomic mass is 10.0. The maximum atomic E-state index is 12.8. The predicted octanol–water partition coefficient (Wildman–Crippen LogP) is 1.85. The molecular formula is C12H20F2N4. The van der Waals surface area contributed by atoms with E-state index in [0.717, 1.165) is 30.5 Å². The molecular weight excluding hydrogens is 238 g/mol. The fourth-order valence-corrected chi connectivity index (χ4v) is 2.56. The molecule has 1 unspecified atom stereocenters. The Morgan fingerprint density at radius 3 is 3.06 bits per heavy atom. The summed E-state index contributed by atoms with van der Waals surface area (Å²) in [6, 6.07) is 0.423. The van der Waals surface area contributed by atoms with E-state index < -0.39 is 6.55 Å². The monoisotopic (exact) mass is 258 g/mol.